The summed E-state index contributed by atoms with van der Waals surface area (Å²) in [5.41, 5.74) is 0. The Bertz CT molecular complexity index is 97.3. The summed E-state index contributed by atoms with van der Waals surface area (Å²) in [6.45, 7) is 2.24. The van der Waals surface area contributed by atoms with Crippen molar-refractivity contribution in [3.63, 3.8) is 0 Å². The van der Waals surface area contributed by atoms with Crippen molar-refractivity contribution >= 4 is 65.4 Å². The molecule has 0 radical (unpaired) electrons. The zero-order valence-corrected chi connectivity index (χ0v) is 8.35. The van der Waals surface area contributed by atoms with Crippen LogP contribution in [0.2, 0.25) is 0 Å². The van der Waals surface area contributed by atoms with Crippen LogP contribution in [0.15, 0.2) is 0 Å². The van der Waals surface area contributed by atoms with Gasteiger partial charge in [-0.1, -0.05) is 51.9 Å². The predicted molar refractivity (Wildman–Crippen MR) is 67.6 cm³/mol. The van der Waals surface area contributed by atoms with Gasteiger partial charge in [0.2, 0.25) is 0 Å². The summed E-state index contributed by atoms with van der Waals surface area (Å²) in [5.74, 6) is 0. The van der Waals surface area contributed by atoms with Gasteiger partial charge in [-0.2, -0.15) is 0 Å². The van der Waals surface area contributed by atoms with E-state index in [9.17, 15) is 4.79 Å². The van der Waals surface area contributed by atoms with Crippen LogP contribution in [-0.4, -0.2) is 65.4 Å². The summed E-state index contributed by atoms with van der Waals surface area (Å²) in [5, 5.41) is 0. The van der Waals surface area contributed by atoms with Crippen molar-refractivity contribution < 1.29 is 4.79 Å². The average Bonchev–Trinajstić information content (AvgIpc) is 2.10. The van der Waals surface area contributed by atoms with E-state index in [1.807, 2.05) is 0 Å². The van der Waals surface area contributed by atoms with E-state index in [0.29, 0.717) is 0 Å². The molecule has 0 heterocycles. The van der Waals surface area contributed by atoms with E-state index in [1.54, 1.807) is 0 Å². The molecule has 1 nitrogen and oxygen atoms in total. The molecule has 0 aromatic carbocycles. The number of hydrogen-bond acceptors (Lipinski definition) is 1. The Hall–Kier alpha value is 1.67. The van der Waals surface area contributed by atoms with Crippen LogP contribution in [0.1, 0.15) is 64.7 Å². The minimum atomic E-state index is 0. The Labute approximate surface area is 133 Å². The number of carbonyl (C=O) groups excluding carboxylic acids is 1. The van der Waals surface area contributed by atoms with Gasteiger partial charge in [0.25, 0.3) is 0 Å². The van der Waals surface area contributed by atoms with Gasteiger partial charge in [-0.05, 0) is 6.42 Å². The van der Waals surface area contributed by atoms with Crippen molar-refractivity contribution in [2.75, 3.05) is 0 Å². The number of rotatable bonds is 9. The van der Waals surface area contributed by atoms with Crippen molar-refractivity contribution in [3.05, 3.63) is 0 Å². The van der Waals surface area contributed by atoms with Crippen molar-refractivity contribution in [1.82, 2.24) is 0 Å². The molecular weight excluding hydrogens is 194 g/mol. The van der Waals surface area contributed by atoms with Crippen molar-refractivity contribution in [1.29, 1.82) is 0 Å². The van der Waals surface area contributed by atoms with E-state index in [2.05, 4.69) is 6.92 Å². The summed E-state index contributed by atoms with van der Waals surface area (Å²) in [6, 6.07) is 0. The molecule has 0 saturated heterocycles. The van der Waals surface area contributed by atoms with Gasteiger partial charge < -0.3 is 4.79 Å². The van der Waals surface area contributed by atoms with Gasteiger partial charge in [0.05, 0.1) is 0 Å². The maximum atomic E-state index is 9.98. The molecule has 76 valence electrons. The second kappa shape index (κ2) is 20.1. The summed E-state index contributed by atoms with van der Waals surface area (Å²) >= 11 is 0. The van der Waals surface area contributed by atoms with Crippen LogP contribution in [0.25, 0.3) is 0 Å². The van der Waals surface area contributed by atoms with Crippen LogP contribution in [0.5, 0.6) is 0 Å². The maximum absolute atomic E-state index is 9.98. The Kier molecular flexibility index (Phi) is 30.2. The van der Waals surface area contributed by atoms with E-state index < -0.39 is 0 Å². The third-order valence-corrected chi connectivity index (χ3v) is 2.18. The molecule has 0 N–H and O–H groups in total. The SMILES string of the molecule is CCCCCCCCCCC=O.[NaH].[NaH]. The van der Waals surface area contributed by atoms with E-state index in [-0.39, 0.29) is 59.1 Å². The van der Waals surface area contributed by atoms with Crippen molar-refractivity contribution in [2.45, 2.75) is 64.7 Å². The molecule has 0 unspecified atom stereocenters. The normalized spacial score (nSPS) is 8.64. The molecule has 0 aliphatic carbocycles. The molecule has 0 fully saturated rings. The first-order chi connectivity index (χ1) is 5.91. The molecule has 0 atom stereocenters. The number of carbonyl (C=O) groups is 1. The molecule has 0 amide bonds. The zero-order chi connectivity index (χ0) is 9.07. The van der Waals surface area contributed by atoms with Crippen LogP contribution < -0.4 is 0 Å². The van der Waals surface area contributed by atoms with Gasteiger partial charge in [0.1, 0.15) is 6.29 Å². The van der Waals surface area contributed by atoms with Gasteiger partial charge in [0, 0.05) is 6.42 Å². The van der Waals surface area contributed by atoms with Crippen LogP contribution in [0, 0.1) is 0 Å². The molecule has 14 heavy (non-hydrogen) atoms. The summed E-state index contributed by atoms with van der Waals surface area (Å²) in [7, 11) is 0. The topological polar surface area (TPSA) is 17.1 Å². The van der Waals surface area contributed by atoms with E-state index in [4.69, 9.17) is 0 Å². The summed E-state index contributed by atoms with van der Waals surface area (Å²) in [6.07, 6.45) is 12.3. The van der Waals surface area contributed by atoms with Gasteiger partial charge in [-0.25, -0.2) is 0 Å². The first-order valence-corrected chi connectivity index (χ1v) is 5.35. The predicted octanol–water partition coefficient (Wildman–Crippen LogP) is 2.42. The first-order valence-electron chi connectivity index (χ1n) is 5.35. The molecule has 3 heteroatoms. The quantitative estimate of drug-likeness (QED) is 0.330. The Balaban J connectivity index is -0.000000605. The standard InChI is InChI=1S/C11H22O.2Na.2H/c1-2-3-4-5-6-7-8-9-10-11-12;;;;/h11H,2-10H2,1H3;;;;. The zero-order valence-electron chi connectivity index (χ0n) is 8.35. The van der Waals surface area contributed by atoms with Crippen LogP contribution in [0.4, 0.5) is 0 Å². The van der Waals surface area contributed by atoms with E-state index in [1.165, 1.54) is 44.9 Å². The number of hydrogen-bond donors (Lipinski definition) is 0. The van der Waals surface area contributed by atoms with Crippen LogP contribution >= 0.6 is 0 Å². The van der Waals surface area contributed by atoms with Crippen molar-refractivity contribution in [3.8, 4) is 0 Å². The molecule has 0 aromatic rings. The first kappa shape index (κ1) is 21.0. The van der Waals surface area contributed by atoms with Gasteiger partial charge in [-0.3, -0.25) is 0 Å². The fourth-order valence-corrected chi connectivity index (χ4v) is 1.36. The van der Waals surface area contributed by atoms with Crippen LogP contribution in [-0.2, 0) is 4.79 Å². The molecular formula is C11H24Na2O. The van der Waals surface area contributed by atoms with E-state index in [0.717, 1.165) is 19.1 Å². The third kappa shape index (κ3) is 19.3. The molecule has 0 rings (SSSR count). The summed E-state index contributed by atoms with van der Waals surface area (Å²) < 4.78 is 0. The second-order valence-corrected chi connectivity index (χ2v) is 3.43. The van der Waals surface area contributed by atoms with Crippen LogP contribution in [0.3, 0.4) is 0 Å². The van der Waals surface area contributed by atoms with Gasteiger partial charge in [0.15, 0.2) is 0 Å². The Morgan fingerprint density at radius 1 is 0.786 bits per heavy atom. The fraction of sp³-hybridized carbons (Fsp3) is 0.909. The third-order valence-electron chi connectivity index (χ3n) is 2.18. The molecule has 0 aromatic heterocycles. The van der Waals surface area contributed by atoms with Gasteiger partial charge >= 0.3 is 59.1 Å². The average molecular weight is 218 g/mol. The number of unbranched alkanes of at least 4 members (excludes halogenated alkanes) is 8. The van der Waals surface area contributed by atoms with Gasteiger partial charge in [-0.15, -0.1) is 0 Å². The molecule has 0 aliphatic rings. The Morgan fingerprint density at radius 2 is 1.21 bits per heavy atom. The summed E-state index contributed by atoms with van der Waals surface area (Å²) in [4.78, 5) is 9.98. The fourth-order valence-electron chi connectivity index (χ4n) is 1.36. The molecule has 0 bridgehead atoms. The molecule has 0 spiro atoms. The Morgan fingerprint density at radius 3 is 1.64 bits per heavy atom. The molecule has 0 saturated carbocycles. The second-order valence-electron chi connectivity index (χ2n) is 3.43. The van der Waals surface area contributed by atoms with E-state index >= 15 is 0 Å². The molecule has 0 aliphatic heterocycles. The van der Waals surface area contributed by atoms with Crippen molar-refractivity contribution in [2.24, 2.45) is 0 Å². The monoisotopic (exact) mass is 218 g/mol. The number of aldehydes is 1. The minimum absolute atomic E-state index is 0.